The predicted molar refractivity (Wildman–Crippen MR) is 151 cm³/mol. The van der Waals surface area contributed by atoms with Crippen molar-refractivity contribution in [1.29, 1.82) is 0 Å². The Kier molecular flexibility index (Phi) is 7.37. The van der Waals surface area contributed by atoms with E-state index < -0.39 is 15.9 Å². The summed E-state index contributed by atoms with van der Waals surface area (Å²) < 4.78 is 41.1. The van der Waals surface area contributed by atoms with Gasteiger partial charge in [0.1, 0.15) is 5.75 Å². The van der Waals surface area contributed by atoms with Crippen molar-refractivity contribution >= 4 is 33.2 Å². The lowest BCUT2D eigenvalue weighted by molar-refractivity contribution is -0.119. The Morgan fingerprint density at radius 3 is 2.77 bits per heavy atom. The molecule has 2 heterocycles. The molecular weight excluding hydrogens is 536 g/mol. The van der Waals surface area contributed by atoms with E-state index in [1.54, 1.807) is 12.1 Å². The van der Waals surface area contributed by atoms with E-state index in [-0.39, 0.29) is 16.7 Å². The normalized spacial score (nSPS) is 29.5. The molecule has 1 amide bonds. The lowest BCUT2D eigenvalue weighted by Crippen LogP contribution is -2.48. The van der Waals surface area contributed by atoms with Gasteiger partial charge in [-0.15, -0.1) is 0 Å². The molecule has 7 nitrogen and oxygen atoms in total. The lowest BCUT2D eigenvalue weighted by atomic mass is 9.69. The van der Waals surface area contributed by atoms with Crippen molar-refractivity contribution in [3.63, 3.8) is 0 Å². The van der Waals surface area contributed by atoms with Crippen LogP contribution in [0.25, 0.3) is 0 Å². The molecule has 1 fully saturated rings. The second kappa shape index (κ2) is 10.8. The number of benzene rings is 2. The molecule has 2 aromatic rings. The molecule has 0 saturated heterocycles. The molecule has 3 atom stereocenters. The summed E-state index contributed by atoms with van der Waals surface area (Å²) in [7, 11) is -4.02. The Labute approximate surface area is 235 Å². The molecule has 6 rings (SSSR count). The van der Waals surface area contributed by atoms with Crippen molar-refractivity contribution < 1.29 is 22.7 Å². The molecule has 2 aliphatic heterocycles. The SMILES string of the molecule is O=C1CC/C=C\COC[C@@H]2CC[C@H]2CN2C[C@@]3(CCCc4cc(Cl)ccc43)COc3ccc(cc32)S(=O)(=O)N1. The zero-order valence-electron chi connectivity index (χ0n) is 22.0. The number of halogens is 1. The largest absolute Gasteiger partial charge is 0.490 e. The summed E-state index contributed by atoms with van der Waals surface area (Å²) in [5.74, 6) is 1.06. The van der Waals surface area contributed by atoms with Crippen LogP contribution in [0.4, 0.5) is 5.69 Å². The number of anilines is 1. The molecule has 39 heavy (non-hydrogen) atoms. The standard InChI is InChI=1S/C30H35ClN2O5S/c31-24-9-11-26-21(15-24)5-4-13-30(26)19-33-17-22-7-8-23(22)18-37-14-3-1-2-6-29(34)32-39(35,36)25-10-12-28(38-20-30)27(33)16-25/h1,3,9-12,15-16,22-23H,2,4-8,13-14,17-20H2,(H,32,34)/b3-1-/t22-,23-,30-/m0/s1. The minimum Gasteiger partial charge on any atom is -0.490 e. The quantitative estimate of drug-likeness (QED) is 0.448. The van der Waals surface area contributed by atoms with E-state index in [0.717, 1.165) is 55.9 Å². The molecule has 0 radical (unpaired) electrons. The number of carbonyl (C=O) groups excluding carboxylic acids is 1. The van der Waals surface area contributed by atoms with Gasteiger partial charge in [-0.05, 0) is 91.8 Å². The maximum atomic E-state index is 13.2. The monoisotopic (exact) mass is 570 g/mol. The van der Waals surface area contributed by atoms with E-state index in [1.165, 1.54) is 17.2 Å². The van der Waals surface area contributed by atoms with Crippen LogP contribution in [0.2, 0.25) is 5.02 Å². The fraction of sp³-hybridized carbons (Fsp3) is 0.500. The van der Waals surface area contributed by atoms with Crippen molar-refractivity contribution in [2.24, 2.45) is 11.8 Å². The van der Waals surface area contributed by atoms with Crippen LogP contribution in [0.5, 0.6) is 5.75 Å². The van der Waals surface area contributed by atoms with Gasteiger partial charge in [0, 0.05) is 29.9 Å². The van der Waals surface area contributed by atoms with Crippen molar-refractivity contribution in [2.45, 2.75) is 55.3 Å². The molecular formula is C30H35ClN2O5S. The highest BCUT2D eigenvalue weighted by atomic mass is 35.5. The Balaban J connectivity index is 1.40. The number of nitrogens with one attached hydrogen (secondary N) is 1. The average Bonchev–Trinajstić information content (AvgIpc) is 3.04. The average molecular weight is 571 g/mol. The zero-order chi connectivity index (χ0) is 27.0. The third-order valence-corrected chi connectivity index (χ3v) is 10.5. The van der Waals surface area contributed by atoms with E-state index in [9.17, 15) is 13.2 Å². The summed E-state index contributed by atoms with van der Waals surface area (Å²) in [6.07, 6.45) is 9.58. The van der Waals surface area contributed by atoms with Gasteiger partial charge in [0.2, 0.25) is 5.91 Å². The second-order valence-electron chi connectivity index (χ2n) is 11.4. The van der Waals surface area contributed by atoms with Crippen molar-refractivity contribution in [2.75, 3.05) is 37.8 Å². The van der Waals surface area contributed by atoms with E-state index in [1.807, 2.05) is 18.2 Å². The molecule has 1 N–H and O–H groups in total. The number of amides is 1. The Morgan fingerprint density at radius 2 is 1.92 bits per heavy atom. The third-order valence-electron chi connectivity index (χ3n) is 8.85. The van der Waals surface area contributed by atoms with Gasteiger partial charge in [0.05, 0.1) is 30.4 Å². The molecule has 4 aliphatic rings. The van der Waals surface area contributed by atoms with E-state index in [2.05, 4.69) is 21.8 Å². The first-order valence-corrected chi connectivity index (χ1v) is 15.8. The van der Waals surface area contributed by atoms with Crippen LogP contribution in [-0.2, 0) is 31.4 Å². The number of hydrogen-bond acceptors (Lipinski definition) is 6. The number of aryl methyl sites for hydroxylation is 1. The highest BCUT2D eigenvalue weighted by molar-refractivity contribution is 7.90. The maximum Gasteiger partial charge on any atom is 0.264 e. The first kappa shape index (κ1) is 26.7. The summed E-state index contributed by atoms with van der Waals surface area (Å²) in [5, 5.41) is 0.744. The smallest absolute Gasteiger partial charge is 0.264 e. The summed E-state index contributed by atoms with van der Waals surface area (Å²) in [6.45, 7) is 3.22. The summed E-state index contributed by atoms with van der Waals surface area (Å²) in [4.78, 5) is 14.8. The van der Waals surface area contributed by atoms with Gasteiger partial charge in [-0.1, -0.05) is 29.8 Å². The number of hydrogen-bond donors (Lipinski definition) is 1. The van der Waals surface area contributed by atoms with Crippen LogP contribution in [0.1, 0.15) is 49.7 Å². The van der Waals surface area contributed by atoms with Crippen LogP contribution in [0, 0.1) is 11.8 Å². The summed E-state index contributed by atoms with van der Waals surface area (Å²) >= 11 is 6.37. The number of nitrogens with zero attached hydrogens (tertiary/aromatic N) is 1. The van der Waals surface area contributed by atoms with Crippen LogP contribution >= 0.6 is 11.6 Å². The van der Waals surface area contributed by atoms with Gasteiger partial charge in [-0.25, -0.2) is 13.1 Å². The van der Waals surface area contributed by atoms with E-state index in [0.29, 0.717) is 43.8 Å². The molecule has 2 aromatic carbocycles. The second-order valence-corrected chi connectivity index (χ2v) is 13.5. The molecule has 1 spiro atoms. The maximum absolute atomic E-state index is 13.2. The molecule has 2 aliphatic carbocycles. The van der Waals surface area contributed by atoms with Gasteiger partial charge in [-0.2, -0.15) is 0 Å². The highest BCUT2D eigenvalue weighted by Crippen LogP contribution is 2.46. The van der Waals surface area contributed by atoms with Gasteiger partial charge in [0.15, 0.2) is 0 Å². The van der Waals surface area contributed by atoms with Gasteiger partial charge in [-0.3, -0.25) is 4.79 Å². The Bertz CT molecular complexity index is 1390. The minimum atomic E-state index is -4.02. The van der Waals surface area contributed by atoms with Gasteiger partial charge < -0.3 is 14.4 Å². The summed E-state index contributed by atoms with van der Waals surface area (Å²) in [6, 6.07) is 11.1. The van der Waals surface area contributed by atoms with Crippen molar-refractivity contribution in [3.8, 4) is 5.75 Å². The zero-order valence-corrected chi connectivity index (χ0v) is 23.6. The van der Waals surface area contributed by atoms with Gasteiger partial charge >= 0.3 is 0 Å². The molecule has 0 aromatic heterocycles. The van der Waals surface area contributed by atoms with Crippen molar-refractivity contribution in [1.82, 2.24) is 4.72 Å². The fourth-order valence-corrected chi connectivity index (χ4v) is 7.82. The summed E-state index contributed by atoms with van der Waals surface area (Å²) in [5.41, 5.74) is 3.07. The number of rotatable bonds is 0. The Morgan fingerprint density at radius 1 is 1.05 bits per heavy atom. The minimum absolute atomic E-state index is 0.0725. The molecule has 2 bridgehead atoms. The lowest BCUT2D eigenvalue weighted by Gasteiger charge is -2.44. The number of ether oxygens (including phenoxy) is 2. The molecule has 0 unspecified atom stereocenters. The van der Waals surface area contributed by atoms with Crippen LogP contribution < -0.4 is 14.4 Å². The van der Waals surface area contributed by atoms with E-state index >= 15 is 0 Å². The number of allylic oxidation sites excluding steroid dienone is 1. The van der Waals surface area contributed by atoms with Crippen LogP contribution in [-0.4, -0.2) is 47.2 Å². The number of sulfonamides is 1. The number of carbonyl (C=O) groups is 1. The fourth-order valence-electron chi connectivity index (χ4n) is 6.59. The topological polar surface area (TPSA) is 84.9 Å². The van der Waals surface area contributed by atoms with Crippen LogP contribution in [0.3, 0.4) is 0 Å². The predicted octanol–water partition coefficient (Wildman–Crippen LogP) is 5.01. The third kappa shape index (κ3) is 5.43. The molecule has 208 valence electrons. The van der Waals surface area contributed by atoms with Crippen LogP contribution in [0.15, 0.2) is 53.4 Å². The highest BCUT2D eigenvalue weighted by Gasteiger charge is 2.43. The first-order valence-electron chi connectivity index (χ1n) is 13.9. The van der Waals surface area contributed by atoms with E-state index in [4.69, 9.17) is 21.1 Å². The molecule has 1 saturated carbocycles. The molecule has 9 heteroatoms. The first-order chi connectivity index (χ1) is 18.8. The number of fused-ring (bicyclic) bond motifs is 4. The Hall–Kier alpha value is -2.55. The van der Waals surface area contributed by atoms with Crippen molar-refractivity contribution in [3.05, 3.63) is 64.7 Å². The van der Waals surface area contributed by atoms with Gasteiger partial charge in [0.25, 0.3) is 10.0 Å².